The van der Waals surface area contributed by atoms with E-state index in [4.69, 9.17) is 5.41 Å². The van der Waals surface area contributed by atoms with E-state index in [0.717, 1.165) is 19.5 Å². The van der Waals surface area contributed by atoms with Crippen LogP contribution < -0.4 is 5.32 Å². The predicted octanol–water partition coefficient (Wildman–Crippen LogP) is 0.648. The molecule has 0 spiro atoms. The first-order valence-corrected chi connectivity index (χ1v) is 3.38. The van der Waals surface area contributed by atoms with Crippen molar-refractivity contribution in [2.45, 2.75) is 6.42 Å². The maximum atomic E-state index is 6.90. The molecule has 0 unspecified atom stereocenters. The van der Waals surface area contributed by atoms with Gasteiger partial charge in [0.15, 0.2) is 0 Å². The lowest BCUT2D eigenvalue weighted by Crippen LogP contribution is -2.19. The van der Waals surface area contributed by atoms with Crippen LogP contribution in [0.15, 0.2) is 12.8 Å². The van der Waals surface area contributed by atoms with E-state index in [0.29, 0.717) is 0 Å². The van der Waals surface area contributed by atoms with Crippen molar-refractivity contribution in [1.29, 1.82) is 5.41 Å². The fraction of sp³-hybridized carbons (Fsp3) is 0.571. The van der Waals surface area contributed by atoms with Crippen LogP contribution in [0.3, 0.4) is 0 Å². The molecule has 0 heterocycles. The summed E-state index contributed by atoms with van der Waals surface area (Å²) in [6.07, 6.45) is 3.98. The van der Waals surface area contributed by atoms with Crippen LogP contribution in [0.25, 0.3) is 0 Å². The van der Waals surface area contributed by atoms with E-state index in [1.807, 2.05) is 7.05 Å². The molecule has 3 nitrogen and oxygen atoms in total. The molecule has 0 aliphatic carbocycles. The average Bonchev–Trinajstić information content (AvgIpc) is 1.99. The van der Waals surface area contributed by atoms with Crippen molar-refractivity contribution in [2.75, 3.05) is 20.1 Å². The summed E-state index contributed by atoms with van der Waals surface area (Å²) in [4.78, 5) is 1.75. The Morgan fingerprint density at radius 2 is 2.40 bits per heavy atom. The van der Waals surface area contributed by atoms with Gasteiger partial charge in [-0.25, -0.2) is 0 Å². The molecule has 0 amide bonds. The predicted molar refractivity (Wildman–Crippen MR) is 44.2 cm³/mol. The zero-order valence-electron chi connectivity index (χ0n) is 6.43. The molecule has 0 aliphatic rings. The molecule has 58 valence electrons. The van der Waals surface area contributed by atoms with E-state index < -0.39 is 0 Å². The second kappa shape index (κ2) is 6.29. The highest BCUT2D eigenvalue weighted by molar-refractivity contribution is 5.51. The SMILES string of the molecule is C=CN(C=N)CCCNC. The summed E-state index contributed by atoms with van der Waals surface area (Å²) in [5, 5.41) is 9.94. The first-order valence-electron chi connectivity index (χ1n) is 3.38. The van der Waals surface area contributed by atoms with Crippen molar-refractivity contribution in [1.82, 2.24) is 10.2 Å². The van der Waals surface area contributed by atoms with Gasteiger partial charge in [-0.05, 0) is 26.2 Å². The first-order chi connectivity index (χ1) is 4.85. The Labute approximate surface area is 62.2 Å². The summed E-state index contributed by atoms with van der Waals surface area (Å²) in [5.41, 5.74) is 0. The van der Waals surface area contributed by atoms with Crippen LogP contribution in [0.2, 0.25) is 0 Å². The zero-order valence-corrected chi connectivity index (χ0v) is 6.43. The van der Waals surface area contributed by atoms with Crippen molar-refractivity contribution in [2.24, 2.45) is 0 Å². The average molecular weight is 141 g/mol. The van der Waals surface area contributed by atoms with Gasteiger partial charge in [-0.3, -0.25) is 5.41 Å². The van der Waals surface area contributed by atoms with Gasteiger partial charge in [0.2, 0.25) is 0 Å². The molecule has 0 atom stereocenters. The molecule has 0 aromatic rings. The minimum Gasteiger partial charge on any atom is -0.340 e. The van der Waals surface area contributed by atoms with Crippen LogP contribution in [0.1, 0.15) is 6.42 Å². The third kappa shape index (κ3) is 4.09. The molecule has 0 rings (SSSR count). The molecule has 0 saturated carbocycles. The molecule has 0 aromatic carbocycles. The molecular weight excluding hydrogens is 126 g/mol. The van der Waals surface area contributed by atoms with Crippen molar-refractivity contribution < 1.29 is 0 Å². The van der Waals surface area contributed by atoms with Gasteiger partial charge in [0.05, 0.1) is 6.34 Å². The quantitative estimate of drug-likeness (QED) is 0.324. The second-order valence-electron chi connectivity index (χ2n) is 2.01. The largest absolute Gasteiger partial charge is 0.340 e. The summed E-state index contributed by atoms with van der Waals surface area (Å²) >= 11 is 0. The fourth-order valence-electron chi connectivity index (χ4n) is 0.647. The molecule has 0 fully saturated rings. The molecule has 3 heteroatoms. The summed E-state index contributed by atoms with van der Waals surface area (Å²) in [5.74, 6) is 0. The van der Waals surface area contributed by atoms with E-state index in [1.54, 1.807) is 11.1 Å². The van der Waals surface area contributed by atoms with E-state index in [-0.39, 0.29) is 0 Å². The van der Waals surface area contributed by atoms with Crippen LogP contribution in [-0.2, 0) is 0 Å². The second-order valence-corrected chi connectivity index (χ2v) is 2.01. The number of nitrogens with zero attached hydrogens (tertiary/aromatic N) is 1. The van der Waals surface area contributed by atoms with Gasteiger partial charge >= 0.3 is 0 Å². The Balaban J connectivity index is 3.25. The van der Waals surface area contributed by atoms with E-state index in [2.05, 4.69) is 11.9 Å². The first kappa shape index (κ1) is 9.17. The number of nitrogens with one attached hydrogen (secondary N) is 2. The lowest BCUT2D eigenvalue weighted by molar-refractivity contribution is 0.533. The Kier molecular flexibility index (Phi) is 5.77. The lowest BCUT2D eigenvalue weighted by Gasteiger charge is -2.11. The highest BCUT2D eigenvalue weighted by atomic mass is 15.1. The molecule has 0 saturated heterocycles. The highest BCUT2D eigenvalue weighted by Crippen LogP contribution is 1.85. The maximum Gasteiger partial charge on any atom is 0.0856 e. The standard InChI is InChI=1S/C7H15N3/c1-3-10(7-8)6-4-5-9-2/h3,7-9H,1,4-6H2,2H3. The molecular formula is C7H15N3. The van der Waals surface area contributed by atoms with Crippen molar-refractivity contribution in [3.8, 4) is 0 Å². The number of rotatable bonds is 6. The Morgan fingerprint density at radius 3 is 2.80 bits per heavy atom. The molecule has 0 aliphatic heterocycles. The highest BCUT2D eigenvalue weighted by Gasteiger charge is 1.90. The van der Waals surface area contributed by atoms with Gasteiger partial charge in [-0.1, -0.05) is 6.58 Å². The fourth-order valence-corrected chi connectivity index (χ4v) is 0.647. The molecule has 0 radical (unpaired) electrons. The Morgan fingerprint density at radius 1 is 1.70 bits per heavy atom. The third-order valence-electron chi connectivity index (χ3n) is 1.24. The zero-order chi connectivity index (χ0) is 7.82. The minimum absolute atomic E-state index is 0.869. The minimum atomic E-state index is 0.869. The van der Waals surface area contributed by atoms with Crippen LogP contribution in [0.4, 0.5) is 0 Å². The summed E-state index contributed by atoms with van der Waals surface area (Å²) in [7, 11) is 1.92. The van der Waals surface area contributed by atoms with Crippen LogP contribution in [-0.4, -0.2) is 31.4 Å². The third-order valence-corrected chi connectivity index (χ3v) is 1.24. The van der Waals surface area contributed by atoms with Crippen LogP contribution >= 0.6 is 0 Å². The number of hydrogen-bond acceptors (Lipinski definition) is 2. The Hall–Kier alpha value is -0.830. The lowest BCUT2D eigenvalue weighted by atomic mass is 10.4. The molecule has 0 bridgehead atoms. The van der Waals surface area contributed by atoms with Crippen LogP contribution in [0.5, 0.6) is 0 Å². The van der Waals surface area contributed by atoms with Crippen molar-refractivity contribution in [3.05, 3.63) is 12.8 Å². The van der Waals surface area contributed by atoms with E-state index in [1.165, 1.54) is 6.34 Å². The normalized spacial score (nSPS) is 8.90. The van der Waals surface area contributed by atoms with E-state index >= 15 is 0 Å². The van der Waals surface area contributed by atoms with Gasteiger partial charge in [-0.15, -0.1) is 0 Å². The topological polar surface area (TPSA) is 39.1 Å². The van der Waals surface area contributed by atoms with Crippen LogP contribution in [0, 0.1) is 5.41 Å². The van der Waals surface area contributed by atoms with Crippen molar-refractivity contribution >= 4 is 6.34 Å². The molecule has 2 N–H and O–H groups in total. The Bertz CT molecular complexity index is 93.0. The molecule has 10 heavy (non-hydrogen) atoms. The van der Waals surface area contributed by atoms with Gasteiger partial charge in [0.1, 0.15) is 0 Å². The smallest absolute Gasteiger partial charge is 0.0856 e. The molecule has 0 aromatic heterocycles. The summed E-state index contributed by atoms with van der Waals surface area (Å²) in [6.45, 7) is 5.42. The number of hydrogen-bond donors (Lipinski definition) is 2. The van der Waals surface area contributed by atoms with Gasteiger partial charge in [-0.2, -0.15) is 0 Å². The summed E-state index contributed by atoms with van der Waals surface area (Å²) < 4.78 is 0. The van der Waals surface area contributed by atoms with Crippen molar-refractivity contribution in [3.63, 3.8) is 0 Å². The van der Waals surface area contributed by atoms with Gasteiger partial charge in [0.25, 0.3) is 0 Å². The van der Waals surface area contributed by atoms with E-state index in [9.17, 15) is 0 Å². The van der Waals surface area contributed by atoms with Gasteiger partial charge in [0, 0.05) is 6.54 Å². The maximum absolute atomic E-state index is 6.90. The summed E-state index contributed by atoms with van der Waals surface area (Å²) in [6, 6.07) is 0. The van der Waals surface area contributed by atoms with Gasteiger partial charge < -0.3 is 10.2 Å². The monoisotopic (exact) mass is 141 g/mol.